The Kier molecular flexibility index (Phi) is 6.06. The van der Waals surface area contributed by atoms with Gasteiger partial charge >= 0.3 is 5.97 Å². The van der Waals surface area contributed by atoms with E-state index in [1.54, 1.807) is 30.1 Å². The fourth-order valence-corrected chi connectivity index (χ4v) is 4.09. The number of aromatic carboxylic acids is 1. The van der Waals surface area contributed by atoms with E-state index in [1.165, 1.54) is 24.4 Å². The summed E-state index contributed by atoms with van der Waals surface area (Å²) in [6.45, 7) is 4.15. The van der Waals surface area contributed by atoms with Crippen molar-refractivity contribution in [2.75, 3.05) is 23.2 Å². The molecule has 10 heteroatoms. The second kappa shape index (κ2) is 8.54. The van der Waals surface area contributed by atoms with Crippen LogP contribution in [0.4, 0.5) is 11.5 Å². The van der Waals surface area contributed by atoms with Gasteiger partial charge in [-0.2, -0.15) is 0 Å². The van der Waals surface area contributed by atoms with Crippen molar-refractivity contribution < 1.29 is 22.8 Å². The van der Waals surface area contributed by atoms with Crippen LogP contribution in [-0.4, -0.2) is 43.2 Å². The number of carboxylic acids is 1. The third kappa shape index (κ3) is 4.60. The number of hydrogen-bond donors (Lipinski definition) is 2. The van der Waals surface area contributed by atoms with Gasteiger partial charge in [0.25, 0.3) is 10.0 Å². The topological polar surface area (TPSA) is 126 Å². The summed E-state index contributed by atoms with van der Waals surface area (Å²) in [4.78, 5) is 17.8. The minimum atomic E-state index is -3.85. The molecule has 0 saturated carbocycles. The van der Waals surface area contributed by atoms with Crippen molar-refractivity contribution in [3.63, 3.8) is 0 Å². The molecule has 0 bridgehead atoms. The average Bonchev–Trinajstić information content (AvgIpc) is 3.04. The van der Waals surface area contributed by atoms with Gasteiger partial charge in [0.05, 0.1) is 22.5 Å². The Labute approximate surface area is 174 Å². The largest absolute Gasteiger partial charge is 0.478 e. The number of benzene rings is 1. The molecule has 9 nitrogen and oxygen atoms in total. The van der Waals surface area contributed by atoms with Gasteiger partial charge in [-0.3, -0.25) is 4.72 Å². The van der Waals surface area contributed by atoms with Crippen LogP contribution in [0.5, 0.6) is 0 Å². The highest BCUT2D eigenvalue weighted by Crippen LogP contribution is 2.23. The number of aryl methyl sites for hydroxylation is 2. The number of nitrogens with one attached hydrogen (secondary N) is 1. The van der Waals surface area contributed by atoms with Crippen molar-refractivity contribution in [2.24, 2.45) is 0 Å². The number of carbonyl (C=O) groups is 1. The van der Waals surface area contributed by atoms with Crippen molar-refractivity contribution in [2.45, 2.75) is 25.2 Å². The van der Waals surface area contributed by atoms with Gasteiger partial charge in [0.2, 0.25) is 0 Å². The molecule has 0 amide bonds. The zero-order valence-corrected chi connectivity index (χ0v) is 17.6. The van der Waals surface area contributed by atoms with Gasteiger partial charge in [-0.25, -0.2) is 18.2 Å². The summed E-state index contributed by atoms with van der Waals surface area (Å²) in [6.07, 6.45) is 1.90. The van der Waals surface area contributed by atoms with Crippen LogP contribution < -0.4 is 9.62 Å². The predicted octanol–water partition coefficient (Wildman–Crippen LogP) is 2.86. The Morgan fingerprint density at radius 3 is 2.53 bits per heavy atom. The Bertz CT molecular complexity index is 1140. The molecule has 158 valence electrons. The van der Waals surface area contributed by atoms with E-state index in [9.17, 15) is 18.3 Å². The van der Waals surface area contributed by atoms with Crippen LogP contribution in [0.1, 0.15) is 27.4 Å². The summed E-state index contributed by atoms with van der Waals surface area (Å²) in [5.41, 5.74) is 1.72. The highest BCUT2D eigenvalue weighted by molar-refractivity contribution is 7.92. The second-order valence-corrected chi connectivity index (χ2v) is 8.48. The average molecular weight is 430 g/mol. The van der Waals surface area contributed by atoms with Gasteiger partial charge < -0.3 is 14.5 Å². The highest BCUT2D eigenvalue weighted by Gasteiger charge is 2.20. The fraction of sp³-hybridized carbons (Fsp3) is 0.250. The van der Waals surface area contributed by atoms with E-state index in [-0.39, 0.29) is 22.0 Å². The molecule has 0 fully saturated rings. The fourth-order valence-electron chi connectivity index (χ4n) is 3.03. The maximum Gasteiger partial charge on any atom is 0.339 e. The van der Waals surface area contributed by atoms with Crippen LogP contribution in [0.3, 0.4) is 0 Å². The summed E-state index contributed by atoms with van der Waals surface area (Å²) in [7, 11) is -2.13. The lowest BCUT2D eigenvalue weighted by molar-refractivity contribution is 0.0697. The number of pyridine rings is 1. The zero-order valence-electron chi connectivity index (χ0n) is 16.8. The normalized spacial score (nSPS) is 11.3. The Hall–Kier alpha value is -3.40. The predicted molar refractivity (Wildman–Crippen MR) is 111 cm³/mol. The zero-order chi connectivity index (χ0) is 21.9. The molecular formula is C20H22N4O5S. The molecular weight excluding hydrogens is 408 g/mol. The lowest BCUT2D eigenvalue weighted by atomic mass is 10.1. The summed E-state index contributed by atoms with van der Waals surface area (Å²) < 4.78 is 32.5. The van der Waals surface area contributed by atoms with E-state index < -0.39 is 16.0 Å². The molecule has 0 saturated heterocycles. The molecule has 1 aromatic carbocycles. The molecule has 30 heavy (non-hydrogen) atoms. The molecule has 2 heterocycles. The van der Waals surface area contributed by atoms with Crippen LogP contribution in [-0.2, 0) is 16.4 Å². The van der Waals surface area contributed by atoms with Gasteiger partial charge in [0.15, 0.2) is 0 Å². The molecule has 0 unspecified atom stereocenters. The van der Waals surface area contributed by atoms with Crippen LogP contribution in [0, 0.1) is 13.8 Å². The maximum absolute atomic E-state index is 12.5. The van der Waals surface area contributed by atoms with Crippen LogP contribution in [0.2, 0.25) is 0 Å². The number of sulfonamides is 1. The number of rotatable bonds is 8. The molecule has 2 aromatic heterocycles. The summed E-state index contributed by atoms with van der Waals surface area (Å²) in [6, 6.07) is 9.07. The van der Waals surface area contributed by atoms with Crippen molar-refractivity contribution in [1.29, 1.82) is 0 Å². The number of anilines is 2. The first kappa shape index (κ1) is 21.3. The van der Waals surface area contributed by atoms with Crippen molar-refractivity contribution in [3.05, 3.63) is 65.2 Å². The minimum Gasteiger partial charge on any atom is -0.478 e. The molecule has 0 spiro atoms. The van der Waals surface area contributed by atoms with Crippen LogP contribution in [0.15, 0.2) is 52.0 Å². The third-order valence-corrected chi connectivity index (χ3v) is 6.04. The molecule has 0 aliphatic carbocycles. The van der Waals surface area contributed by atoms with Gasteiger partial charge in [0, 0.05) is 19.2 Å². The summed E-state index contributed by atoms with van der Waals surface area (Å²) in [5.74, 6) is -0.252. The first-order valence-corrected chi connectivity index (χ1v) is 10.6. The van der Waals surface area contributed by atoms with Crippen molar-refractivity contribution in [1.82, 2.24) is 10.1 Å². The van der Waals surface area contributed by atoms with Gasteiger partial charge in [0.1, 0.15) is 17.1 Å². The SMILES string of the molecule is Cc1noc(C)c1CCN(C)c1ncc(NS(=O)(=O)c2ccccc2)cc1C(=O)O. The molecule has 0 aliphatic rings. The van der Waals surface area contributed by atoms with Gasteiger partial charge in [-0.05, 0) is 38.5 Å². The second-order valence-electron chi connectivity index (χ2n) is 6.79. The molecule has 3 aromatic rings. The van der Waals surface area contributed by atoms with Crippen LogP contribution in [0.25, 0.3) is 0 Å². The number of aromatic nitrogens is 2. The highest BCUT2D eigenvalue weighted by atomic mass is 32.2. The van der Waals surface area contributed by atoms with Gasteiger partial charge in [-0.15, -0.1) is 0 Å². The van der Waals surface area contributed by atoms with Crippen molar-refractivity contribution >= 4 is 27.5 Å². The van der Waals surface area contributed by atoms with E-state index in [0.29, 0.717) is 13.0 Å². The van der Waals surface area contributed by atoms with E-state index in [4.69, 9.17) is 4.52 Å². The lowest BCUT2D eigenvalue weighted by Crippen LogP contribution is -2.24. The molecule has 0 atom stereocenters. The number of hydrogen-bond acceptors (Lipinski definition) is 7. The third-order valence-electron chi connectivity index (χ3n) is 4.64. The summed E-state index contributed by atoms with van der Waals surface area (Å²) >= 11 is 0. The molecule has 0 radical (unpaired) electrons. The Morgan fingerprint density at radius 2 is 1.93 bits per heavy atom. The minimum absolute atomic E-state index is 0.0686. The number of carboxylic acid groups (broad SMARTS) is 1. The standard InChI is InChI=1S/C20H22N4O5S/c1-13-17(14(2)29-22-13)9-10-24(3)19-18(20(25)26)11-15(12-21-19)23-30(27,28)16-7-5-4-6-8-16/h4-8,11-12,23H,9-10H2,1-3H3,(H,25,26). The van der Waals surface area contributed by atoms with Gasteiger partial charge in [-0.1, -0.05) is 23.4 Å². The number of nitrogens with zero attached hydrogens (tertiary/aromatic N) is 3. The Morgan fingerprint density at radius 1 is 1.23 bits per heavy atom. The molecule has 3 rings (SSSR count). The van der Waals surface area contributed by atoms with E-state index in [0.717, 1.165) is 17.0 Å². The molecule has 2 N–H and O–H groups in total. The monoisotopic (exact) mass is 430 g/mol. The van der Waals surface area contributed by atoms with Crippen molar-refractivity contribution in [3.8, 4) is 0 Å². The van der Waals surface area contributed by atoms with Crippen LogP contribution >= 0.6 is 0 Å². The number of likely N-dealkylation sites (N-methyl/N-ethyl adjacent to an activating group) is 1. The molecule has 0 aliphatic heterocycles. The quantitative estimate of drug-likeness (QED) is 0.559. The first-order chi connectivity index (χ1) is 14.2. The smallest absolute Gasteiger partial charge is 0.339 e. The first-order valence-electron chi connectivity index (χ1n) is 9.13. The summed E-state index contributed by atoms with van der Waals surface area (Å²) in [5, 5.41) is 13.5. The van der Waals surface area contributed by atoms with E-state index >= 15 is 0 Å². The van der Waals surface area contributed by atoms with E-state index in [1.807, 2.05) is 13.8 Å². The lowest BCUT2D eigenvalue weighted by Gasteiger charge is -2.20. The Balaban J connectivity index is 1.82. The maximum atomic E-state index is 12.5. The van der Waals surface area contributed by atoms with E-state index in [2.05, 4.69) is 14.9 Å².